The lowest BCUT2D eigenvalue weighted by Crippen LogP contribution is -2.28. The highest BCUT2D eigenvalue weighted by Crippen LogP contribution is 2.22. The Bertz CT molecular complexity index is 914. The summed E-state index contributed by atoms with van der Waals surface area (Å²) in [5.41, 5.74) is 1.86. The number of nitrogens with zero attached hydrogens (tertiary/aromatic N) is 3. The highest BCUT2D eigenvalue weighted by molar-refractivity contribution is 7.80. The van der Waals surface area contributed by atoms with Gasteiger partial charge in [-0.15, -0.1) is 5.10 Å². The van der Waals surface area contributed by atoms with E-state index in [1.165, 1.54) is 12.1 Å². The predicted molar refractivity (Wildman–Crippen MR) is 105 cm³/mol. The van der Waals surface area contributed by atoms with E-state index < -0.39 is 0 Å². The molecule has 0 unspecified atom stereocenters. The summed E-state index contributed by atoms with van der Waals surface area (Å²) in [4.78, 5) is 4.16. The van der Waals surface area contributed by atoms with Gasteiger partial charge in [-0.3, -0.25) is 5.32 Å². The summed E-state index contributed by atoms with van der Waals surface area (Å²) in [6.45, 7) is 0.970. The van der Waals surface area contributed by atoms with Gasteiger partial charge in [0.25, 0.3) is 0 Å². The van der Waals surface area contributed by atoms with Crippen molar-refractivity contribution in [2.24, 2.45) is 0 Å². The molecule has 2 N–H and O–H groups in total. The molecule has 0 radical (unpaired) electrons. The highest BCUT2D eigenvalue weighted by atomic mass is 35.5. The summed E-state index contributed by atoms with van der Waals surface area (Å²) in [7, 11) is 0. The highest BCUT2D eigenvalue weighted by Gasteiger charge is 2.06. The summed E-state index contributed by atoms with van der Waals surface area (Å²) >= 11 is 17.1. The van der Waals surface area contributed by atoms with Crippen LogP contribution in [0.3, 0.4) is 0 Å². The molecule has 0 fully saturated rings. The monoisotopic (exact) mass is 409 g/mol. The van der Waals surface area contributed by atoms with E-state index in [0.29, 0.717) is 34.2 Å². The standard InChI is InChI=1S/C17H14Cl2FN5S/c18-14-6-3-12(7-15(14)19)9-25-10-22-16(24-25)23-17(26)21-8-11-1-4-13(20)5-2-11/h1-7,10H,8-9H2,(H2,21,23,24,26). The second-order valence-electron chi connectivity index (χ2n) is 5.45. The fourth-order valence-electron chi connectivity index (χ4n) is 2.18. The maximum Gasteiger partial charge on any atom is 0.248 e. The molecular formula is C17H14Cl2FN5S. The lowest BCUT2D eigenvalue weighted by molar-refractivity contribution is 0.627. The summed E-state index contributed by atoms with van der Waals surface area (Å²) in [5.74, 6) is 0.104. The number of nitrogens with one attached hydrogen (secondary N) is 2. The van der Waals surface area contributed by atoms with Gasteiger partial charge < -0.3 is 5.32 Å². The van der Waals surface area contributed by atoms with Crippen LogP contribution in [0.1, 0.15) is 11.1 Å². The van der Waals surface area contributed by atoms with E-state index in [4.69, 9.17) is 35.4 Å². The first-order valence-electron chi connectivity index (χ1n) is 7.62. The average molecular weight is 410 g/mol. The number of rotatable bonds is 5. The number of thiocarbonyl (C=S) groups is 1. The molecule has 0 saturated heterocycles. The molecule has 0 spiro atoms. The minimum atomic E-state index is -0.272. The van der Waals surface area contributed by atoms with Crippen LogP contribution < -0.4 is 10.6 Å². The van der Waals surface area contributed by atoms with Crippen molar-refractivity contribution in [3.05, 3.63) is 75.8 Å². The van der Waals surface area contributed by atoms with Gasteiger partial charge in [0.05, 0.1) is 16.6 Å². The maximum atomic E-state index is 12.9. The van der Waals surface area contributed by atoms with E-state index in [1.807, 2.05) is 6.07 Å². The Balaban J connectivity index is 1.53. The number of aromatic nitrogens is 3. The van der Waals surface area contributed by atoms with Crippen LogP contribution in [0.5, 0.6) is 0 Å². The van der Waals surface area contributed by atoms with Crippen molar-refractivity contribution in [1.29, 1.82) is 0 Å². The van der Waals surface area contributed by atoms with Gasteiger partial charge >= 0.3 is 0 Å². The molecule has 0 aliphatic rings. The van der Waals surface area contributed by atoms with Gasteiger partial charge in [-0.25, -0.2) is 14.1 Å². The van der Waals surface area contributed by atoms with Crippen molar-refractivity contribution in [3.63, 3.8) is 0 Å². The SMILES string of the molecule is Fc1ccc(CNC(=S)Nc2ncn(Cc3ccc(Cl)c(Cl)c3)n2)cc1. The van der Waals surface area contributed by atoms with Crippen LogP contribution in [0.15, 0.2) is 48.8 Å². The van der Waals surface area contributed by atoms with Crippen LogP contribution in [0.4, 0.5) is 10.3 Å². The number of anilines is 1. The van der Waals surface area contributed by atoms with Gasteiger partial charge in [-0.2, -0.15) is 0 Å². The molecule has 2 aromatic carbocycles. The second kappa shape index (κ2) is 8.44. The third-order valence-electron chi connectivity index (χ3n) is 3.46. The molecule has 0 aliphatic heterocycles. The van der Waals surface area contributed by atoms with E-state index in [9.17, 15) is 4.39 Å². The summed E-state index contributed by atoms with van der Waals surface area (Å²) < 4.78 is 14.5. The number of hydrogen-bond donors (Lipinski definition) is 2. The molecule has 0 bridgehead atoms. The van der Waals surface area contributed by atoms with Crippen LogP contribution in [0, 0.1) is 5.82 Å². The zero-order valence-electron chi connectivity index (χ0n) is 13.4. The van der Waals surface area contributed by atoms with Gasteiger partial charge in [-0.05, 0) is 47.6 Å². The van der Waals surface area contributed by atoms with Crippen LogP contribution in [0.25, 0.3) is 0 Å². The van der Waals surface area contributed by atoms with Gasteiger partial charge in [0.15, 0.2) is 5.11 Å². The van der Waals surface area contributed by atoms with Crippen molar-refractivity contribution in [1.82, 2.24) is 20.1 Å². The van der Waals surface area contributed by atoms with E-state index >= 15 is 0 Å². The predicted octanol–water partition coefficient (Wildman–Crippen LogP) is 4.26. The van der Waals surface area contributed by atoms with Crippen molar-refractivity contribution < 1.29 is 4.39 Å². The third-order valence-corrected chi connectivity index (χ3v) is 4.44. The molecule has 3 rings (SSSR count). The molecule has 5 nitrogen and oxygen atoms in total. The first kappa shape index (κ1) is 18.6. The Hall–Kier alpha value is -2.22. The lowest BCUT2D eigenvalue weighted by Gasteiger charge is -2.08. The van der Waals surface area contributed by atoms with Crippen molar-refractivity contribution in [2.75, 3.05) is 5.32 Å². The van der Waals surface area contributed by atoms with Crippen LogP contribution >= 0.6 is 35.4 Å². The molecule has 9 heteroatoms. The number of halogens is 3. The zero-order chi connectivity index (χ0) is 18.5. The fourth-order valence-corrected chi connectivity index (χ4v) is 2.67. The van der Waals surface area contributed by atoms with Gasteiger partial charge in [0, 0.05) is 6.54 Å². The molecule has 0 saturated carbocycles. The van der Waals surface area contributed by atoms with E-state index in [2.05, 4.69) is 20.7 Å². The molecular weight excluding hydrogens is 396 g/mol. The average Bonchev–Trinajstić information content (AvgIpc) is 3.04. The van der Waals surface area contributed by atoms with E-state index in [1.54, 1.807) is 35.3 Å². The van der Waals surface area contributed by atoms with Crippen LogP contribution in [-0.4, -0.2) is 19.9 Å². The molecule has 1 aromatic heterocycles. The topological polar surface area (TPSA) is 54.8 Å². The maximum absolute atomic E-state index is 12.9. The van der Waals surface area contributed by atoms with Gasteiger partial charge in [0.2, 0.25) is 5.95 Å². The number of benzene rings is 2. The second-order valence-corrected chi connectivity index (χ2v) is 6.67. The summed E-state index contributed by atoms with van der Waals surface area (Å²) in [6.07, 6.45) is 1.59. The Morgan fingerprint density at radius 2 is 1.81 bits per heavy atom. The molecule has 26 heavy (non-hydrogen) atoms. The minimum absolute atomic E-state index is 0.272. The first-order chi connectivity index (χ1) is 12.5. The quantitative estimate of drug-likeness (QED) is 0.616. The van der Waals surface area contributed by atoms with E-state index in [0.717, 1.165) is 11.1 Å². The van der Waals surface area contributed by atoms with Crippen molar-refractivity contribution in [3.8, 4) is 0 Å². The molecule has 3 aromatic rings. The Morgan fingerprint density at radius 1 is 1.08 bits per heavy atom. The molecule has 0 amide bonds. The number of hydrogen-bond acceptors (Lipinski definition) is 3. The zero-order valence-corrected chi connectivity index (χ0v) is 15.7. The Morgan fingerprint density at radius 3 is 2.54 bits per heavy atom. The largest absolute Gasteiger partial charge is 0.358 e. The normalized spacial score (nSPS) is 10.6. The Kier molecular flexibility index (Phi) is 6.03. The minimum Gasteiger partial charge on any atom is -0.358 e. The first-order valence-corrected chi connectivity index (χ1v) is 8.79. The summed E-state index contributed by atoms with van der Waals surface area (Å²) in [5, 5.41) is 11.6. The molecule has 134 valence electrons. The molecule has 0 aliphatic carbocycles. The smallest absolute Gasteiger partial charge is 0.248 e. The van der Waals surface area contributed by atoms with Gasteiger partial charge in [0.1, 0.15) is 12.1 Å². The molecule has 0 atom stereocenters. The van der Waals surface area contributed by atoms with Crippen molar-refractivity contribution >= 4 is 46.5 Å². The Labute approximate surface area is 165 Å². The fraction of sp³-hybridized carbons (Fsp3) is 0.118. The van der Waals surface area contributed by atoms with Crippen LogP contribution in [0.2, 0.25) is 10.0 Å². The molecule has 1 heterocycles. The lowest BCUT2D eigenvalue weighted by atomic mass is 10.2. The third kappa shape index (κ3) is 5.14. The van der Waals surface area contributed by atoms with Crippen molar-refractivity contribution in [2.45, 2.75) is 13.1 Å². The van der Waals surface area contributed by atoms with Crippen LogP contribution in [-0.2, 0) is 13.1 Å². The van der Waals surface area contributed by atoms with Gasteiger partial charge in [-0.1, -0.05) is 41.4 Å². The summed E-state index contributed by atoms with van der Waals surface area (Å²) in [6, 6.07) is 11.6. The van der Waals surface area contributed by atoms with E-state index in [-0.39, 0.29) is 5.82 Å².